The average Bonchev–Trinajstić information content (AvgIpc) is 2.45. The second-order valence-corrected chi connectivity index (χ2v) is 4.82. The molecule has 1 aromatic heterocycles. The van der Waals surface area contributed by atoms with Crippen LogP contribution in [0.15, 0.2) is 35.1 Å². The zero-order valence-electron chi connectivity index (χ0n) is 11.4. The van der Waals surface area contributed by atoms with Gasteiger partial charge < -0.3 is 15.6 Å². The molecule has 20 heavy (non-hydrogen) atoms. The van der Waals surface area contributed by atoms with Crippen molar-refractivity contribution in [3.8, 4) is 0 Å². The first-order valence-electron chi connectivity index (χ1n) is 6.25. The average molecular weight is 288 g/mol. The van der Waals surface area contributed by atoms with E-state index in [2.05, 4.69) is 9.97 Å². The third-order valence-electron chi connectivity index (χ3n) is 2.97. The van der Waals surface area contributed by atoms with E-state index in [9.17, 15) is 4.79 Å². The summed E-state index contributed by atoms with van der Waals surface area (Å²) in [6, 6.07) is 8.97. The van der Waals surface area contributed by atoms with Gasteiger partial charge in [0.1, 0.15) is 16.6 Å². The molecule has 0 atom stereocenters. The molecule has 104 valence electrons. The van der Waals surface area contributed by atoms with Crippen LogP contribution < -0.4 is 16.2 Å². The van der Waals surface area contributed by atoms with E-state index in [0.29, 0.717) is 23.1 Å². The van der Waals surface area contributed by atoms with Gasteiger partial charge in [-0.15, -0.1) is 0 Å². The summed E-state index contributed by atoms with van der Waals surface area (Å²) in [5, 5.41) is 0. The Labute approximate surface area is 122 Å². The van der Waals surface area contributed by atoms with Gasteiger partial charge in [-0.25, -0.2) is 4.98 Å². The number of nitrogens with zero attached hydrogens (tertiary/aromatic N) is 2. The molecule has 0 unspecified atom stereocenters. The summed E-state index contributed by atoms with van der Waals surface area (Å²) in [6.07, 6.45) is 0.670. The number of aryl methyl sites for hydroxylation is 1. The number of hydrogen-bond acceptors (Lipinski definition) is 4. The molecule has 0 bridgehead atoms. The van der Waals surface area contributed by atoms with Crippen LogP contribution in [0.25, 0.3) is 0 Å². The van der Waals surface area contributed by atoms with E-state index in [-0.39, 0.29) is 5.56 Å². The largest absolute Gasteiger partial charge is 0.389 e. The summed E-state index contributed by atoms with van der Waals surface area (Å²) < 4.78 is 0. The van der Waals surface area contributed by atoms with E-state index in [4.69, 9.17) is 18.0 Å². The Morgan fingerprint density at radius 3 is 2.85 bits per heavy atom. The minimum Gasteiger partial charge on any atom is -0.389 e. The standard InChI is InChI=1S/C14H16N4OS/c1-3-11-16-12(8-13(19)17-11)18(2)10-6-4-5-9(7-10)14(15)20/h4-8H,3H2,1-2H3,(H2,15,20)(H,16,17,19). The second kappa shape index (κ2) is 5.83. The third kappa shape index (κ3) is 3.03. The zero-order chi connectivity index (χ0) is 14.7. The highest BCUT2D eigenvalue weighted by Gasteiger charge is 2.09. The normalized spacial score (nSPS) is 10.3. The number of nitrogens with two attached hydrogens (primary N) is 1. The van der Waals surface area contributed by atoms with Crippen LogP contribution in [-0.4, -0.2) is 22.0 Å². The van der Waals surface area contributed by atoms with Crippen LogP contribution in [0.1, 0.15) is 18.3 Å². The molecule has 0 amide bonds. The molecule has 0 saturated heterocycles. The van der Waals surface area contributed by atoms with E-state index in [1.54, 1.807) is 0 Å². The summed E-state index contributed by atoms with van der Waals surface area (Å²) in [4.78, 5) is 20.9. The topological polar surface area (TPSA) is 75.0 Å². The van der Waals surface area contributed by atoms with Gasteiger partial charge in [0.2, 0.25) is 0 Å². The van der Waals surface area contributed by atoms with E-state index in [1.807, 2.05) is 43.1 Å². The van der Waals surface area contributed by atoms with Gasteiger partial charge >= 0.3 is 0 Å². The van der Waals surface area contributed by atoms with Crippen molar-refractivity contribution in [1.29, 1.82) is 0 Å². The minimum absolute atomic E-state index is 0.163. The van der Waals surface area contributed by atoms with Gasteiger partial charge in [0.15, 0.2) is 0 Å². The fourth-order valence-electron chi connectivity index (χ4n) is 1.83. The van der Waals surface area contributed by atoms with Gasteiger partial charge in [0.05, 0.1) is 0 Å². The van der Waals surface area contributed by atoms with Crippen molar-refractivity contribution in [3.63, 3.8) is 0 Å². The Hall–Kier alpha value is -2.21. The van der Waals surface area contributed by atoms with E-state index < -0.39 is 0 Å². The van der Waals surface area contributed by atoms with Crippen molar-refractivity contribution in [2.75, 3.05) is 11.9 Å². The summed E-state index contributed by atoms with van der Waals surface area (Å²) in [5.41, 5.74) is 7.12. The maximum atomic E-state index is 11.6. The lowest BCUT2D eigenvalue weighted by Crippen LogP contribution is -2.18. The molecule has 3 N–H and O–H groups in total. The summed E-state index contributed by atoms with van der Waals surface area (Å²) in [7, 11) is 1.85. The van der Waals surface area contributed by atoms with Crippen molar-refractivity contribution >= 4 is 28.7 Å². The van der Waals surface area contributed by atoms with Gasteiger partial charge in [0, 0.05) is 30.8 Å². The number of rotatable bonds is 4. The number of hydrogen-bond donors (Lipinski definition) is 2. The summed E-state index contributed by atoms with van der Waals surface area (Å²) in [5.74, 6) is 1.25. The van der Waals surface area contributed by atoms with E-state index in [0.717, 1.165) is 11.3 Å². The number of H-pyrrole nitrogens is 1. The molecular weight excluding hydrogens is 272 g/mol. The first-order valence-corrected chi connectivity index (χ1v) is 6.66. The highest BCUT2D eigenvalue weighted by Crippen LogP contribution is 2.21. The van der Waals surface area contributed by atoms with Crippen LogP contribution in [0, 0.1) is 0 Å². The third-order valence-corrected chi connectivity index (χ3v) is 3.21. The maximum absolute atomic E-state index is 11.6. The molecule has 0 saturated carbocycles. The summed E-state index contributed by atoms with van der Waals surface area (Å²) >= 11 is 4.97. The minimum atomic E-state index is -0.163. The van der Waals surface area contributed by atoms with Crippen molar-refractivity contribution in [2.24, 2.45) is 5.73 Å². The molecule has 0 aliphatic carbocycles. The quantitative estimate of drug-likeness (QED) is 0.838. The molecule has 5 nitrogen and oxygen atoms in total. The molecule has 2 rings (SSSR count). The van der Waals surface area contributed by atoms with Crippen molar-refractivity contribution in [1.82, 2.24) is 9.97 Å². The lowest BCUT2D eigenvalue weighted by atomic mass is 10.2. The molecule has 1 aromatic carbocycles. The molecule has 1 heterocycles. The second-order valence-electron chi connectivity index (χ2n) is 4.38. The van der Waals surface area contributed by atoms with Crippen LogP contribution >= 0.6 is 12.2 Å². The van der Waals surface area contributed by atoms with Gasteiger partial charge in [-0.3, -0.25) is 4.79 Å². The maximum Gasteiger partial charge on any atom is 0.252 e. The van der Waals surface area contributed by atoms with Crippen LogP contribution in [0.5, 0.6) is 0 Å². The summed E-state index contributed by atoms with van der Waals surface area (Å²) in [6.45, 7) is 1.94. The molecule has 0 spiro atoms. The molecule has 6 heteroatoms. The Morgan fingerprint density at radius 1 is 1.45 bits per heavy atom. The molecule has 0 radical (unpaired) electrons. The fourth-order valence-corrected chi connectivity index (χ4v) is 1.96. The number of benzene rings is 1. The predicted molar refractivity (Wildman–Crippen MR) is 84.6 cm³/mol. The monoisotopic (exact) mass is 288 g/mol. The number of thiocarbonyl (C=S) groups is 1. The molecule has 0 aliphatic heterocycles. The van der Waals surface area contributed by atoms with Crippen LogP contribution in [0.4, 0.5) is 11.5 Å². The lowest BCUT2D eigenvalue weighted by molar-refractivity contribution is 0.908. The Balaban J connectivity index is 2.43. The Bertz CT molecular complexity index is 696. The highest BCUT2D eigenvalue weighted by atomic mass is 32.1. The first-order chi connectivity index (χ1) is 9.51. The molecule has 0 fully saturated rings. The molecule has 2 aromatic rings. The zero-order valence-corrected chi connectivity index (χ0v) is 12.2. The van der Waals surface area contributed by atoms with Gasteiger partial charge in [0.25, 0.3) is 5.56 Å². The number of aromatic nitrogens is 2. The van der Waals surface area contributed by atoms with Crippen LogP contribution in [0.2, 0.25) is 0 Å². The lowest BCUT2D eigenvalue weighted by Gasteiger charge is -2.19. The van der Waals surface area contributed by atoms with Gasteiger partial charge in [-0.1, -0.05) is 31.3 Å². The van der Waals surface area contributed by atoms with Gasteiger partial charge in [-0.05, 0) is 12.1 Å². The Kier molecular flexibility index (Phi) is 4.14. The molecular formula is C14H16N4OS. The van der Waals surface area contributed by atoms with Crippen molar-refractivity contribution in [2.45, 2.75) is 13.3 Å². The van der Waals surface area contributed by atoms with Crippen LogP contribution in [-0.2, 0) is 6.42 Å². The van der Waals surface area contributed by atoms with Crippen molar-refractivity contribution in [3.05, 3.63) is 52.1 Å². The van der Waals surface area contributed by atoms with Crippen LogP contribution in [0.3, 0.4) is 0 Å². The number of nitrogens with one attached hydrogen (secondary N) is 1. The fraction of sp³-hybridized carbons (Fsp3) is 0.214. The number of aromatic amines is 1. The predicted octanol–water partition coefficient (Wildman–Crippen LogP) is 1.73. The number of anilines is 2. The van der Waals surface area contributed by atoms with Crippen molar-refractivity contribution < 1.29 is 0 Å². The van der Waals surface area contributed by atoms with E-state index in [1.165, 1.54) is 6.07 Å². The smallest absolute Gasteiger partial charge is 0.252 e. The van der Waals surface area contributed by atoms with Gasteiger partial charge in [-0.2, -0.15) is 0 Å². The first kappa shape index (κ1) is 14.2. The molecule has 0 aliphatic rings. The highest BCUT2D eigenvalue weighted by molar-refractivity contribution is 7.80. The SMILES string of the molecule is CCc1nc(N(C)c2cccc(C(N)=S)c2)cc(=O)[nH]1. The van der Waals surface area contributed by atoms with E-state index >= 15 is 0 Å². The Morgan fingerprint density at radius 2 is 2.20 bits per heavy atom.